The third-order valence-electron chi connectivity index (χ3n) is 5.03. The van der Waals surface area contributed by atoms with E-state index < -0.39 is 0 Å². The van der Waals surface area contributed by atoms with E-state index in [1.165, 1.54) is 11.8 Å². The summed E-state index contributed by atoms with van der Waals surface area (Å²) in [5.74, 6) is 1.01. The molecule has 162 valence electrons. The Morgan fingerprint density at radius 1 is 1.00 bits per heavy atom. The number of thioether (sulfide) groups is 1. The summed E-state index contributed by atoms with van der Waals surface area (Å²) in [6.45, 7) is 8.73. The van der Waals surface area contributed by atoms with Gasteiger partial charge in [-0.15, -0.1) is 10.2 Å². The lowest BCUT2D eigenvalue weighted by molar-refractivity contribution is 0.0921. The van der Waals surface area contributed by atoms with Gasteiger partial charge >= 0.3 is 0 Å². The quantitative estimate of drug-likeness (QED) is 0.388. The van der Waals surface area contributed by atoms with Crippen molar-refractivity contribution >= 4 is 23.5 Å². The zero-order valence-corrected chi connectivity index (χ0v) is 19.1. The van der Waals surface area contributed by atoms with Gasteiger partial charge in [0.15, 0.2) is 16.8 Å². The Kier molecular flexibility index (Phi) is 7.63. The summed E-state index contributed by atoms with van der Waals surface area (Å²) in [7, 11) is 0. The summed E-state index contributed by atoms with van der Waals surface area (Å²) in [6.07, 6.45) is 0. The maximum atomic E-state index is 12.8. The average Bonchev–Trinajstić information content (AvgIpc) is 3.18. The van der Waals surface area contributed by atoms with Crippen molar-refractivity contribution in [3.63, 3.8) is 0 Å². The fourth-order valence-electron chi connectivity index (χ4n) is 3.23. The van der Waals surface area contributed by atoms with Crippen LogP contribution < -0.4 is 5.32 Å². The molecule has 1 aromatic heterocycles. The summed E-state index contributed by atoms with van der Waals surface area (Å²) in [5.41, 5.74) is 2.40. The van der Waals surface area contributed by atoms with E-state index in [0.717, 1.165) is 5.56 Å². The second-order valence-corrected chi connectivity index (χ2v) is 8.67. The largest absolute Gasteiger partial charge is 0.342 e. The molecule has 31 heavy (non-hydrogen) atoms. The van der Waals surface area contributed by atoms with E-state index >= 15 is 0 Å². The number of carbonyl (C=O) groups excluding carboxylic acids is 2. The first-order valence-electron chi connectivity index (χ1n) is 10.4. The molecule has 7 heteroatoms. The van der Waals surface area contributed by atoms with Crippen LogP contribution in [-0.4, -0.2) is 32.2 Å². The lowest BCUT2D eigenvalue weighted by Gasteiger charge is -2.22. The highest BCUT2D eigenvalue weighted by molar-refractivity contribution is 7.99. The summed E-state index contributed by atoms with van der Waals surface area (Å²) < 4.78 is 1.98. The molecule has 0 saturated carbocycles. The number of aryl methyl sites for hydroxylation is 1. The van der Waals surface area contributed by atoms with Crippen LogP contribution in [0.25, 0.3) is 0 Å². The van der Waals surface area contributed by atoms with Crippen molar-refractivity contribution in [1.29, 1.82) is 0 Å². The van der Waals surface area contributed by atoms with Crippen molar-refractivity contribution in [2.45, 2.75) is 45.4 Å². The Morgan fingerprint density at radius 3 is 2.29 bits per heavy atom. The van der Waals surface area contributed by atoms with E-state index in [1.807, 2.05) is 86.9 Å². The molecule has 0 fully saturated rings. The smallest absolute Gasteiger partial charge is 0.251 e. The number of rotatable bonds is 9. The highest BCUT2D eigenvalue weighted by Crippen LogP contribution is 2.26. The van der Waals surface area contributed by atoms with Gasteiger partial charge in [0.2, 0.25) is 0 Å². The molecule has 0 aliphatic carbocycles. The summed E-state index contributed by atoms with van der Waals surface area (Å²) in [4.78, 5) is 25.3. The number of aromatic nitrogens is 3. The lowest BCUT2D eigenvalue weighted by Crippen LogP contribution is -2.33. The van der Waals surface area contributed by atoms with E-state index in [9.17, 15) is 9.59 Å². The van der Waals surface area contributed by atoms with Crippen LogP contribution in [0, 0.1) is 12.8 Å². The highest BCUT2D eigenvalue weighted by atomic mass is 32.2. The molecule has 0 aliphatic heterocycles. The molecule has 3 rings (SSSR count). The normalized spacial score (nSPS) is 12.0. The van der Waals surface area contributed by atoms with Crippen LogP contribution in [0.1, 0.15) is 58.9 Å². The molecule has 0 unspecified atom stereocenters. The Bertz CT molecular complexity index is 1030. The number of Topliss-reactive ketones (excluding diaryl/α,β-unsaturated/α-hetero) is 1. The van der Waals surface area contributed by atoms with Crippen molar-refractivity contribution in [2.24, 2.45) is 5.92 Å². The van der Waals surface area contributed by atoms with Gasteiger partial charge in [0.05, 0.1) is 11.8 Å². The summed E-state index contributed by atoms with van der Waals surface area (Å²) >= 11 is 1.37. The number of amides is 1. The van der Waals surface area contributed by atoms with Gasteiger partial charge in [-0.1, -0.05) is 73.6 Å². The van der Waals surface area contributed by atoms with Crippen molar-refractivity contribution < 1.29 is 9.59 Å². The number of hydrogen-bond donors (Lipinski definition) is 1. The molecular weight excluding hydrogens is 408 g/mol. The van der Waals surface area contributed by atoms with Crippen LogP contribution in [0.3, 0.4) is 0 Å². The average molecular weight is 437 g/mol. The molecule has 1 heterocycles. The standard InChI is InChI=1S/C24H28N4O2S/c1-5-28-22(21(16(2)3)25-23(30)19-13-11-17(4)12-14-19)26-27-24(28)31-15-20(29)18-9-7-6-8-10-18/h6-14,16,21H,5,15H2,1-4H3,(H,25,30)/t21-/m0/s1. The van der Waals surface area contributed by atoms with E-state index in [-0.39, 0.29) is 29.4 Å². The molecule has 1 N–H and O–H groups in total. The van der Waals surface area contributed by atoms with Gasteiger partial charge in [-0.2, -0.15) is 0 Å². The highest BCUT2D eigenvalue weighted by Gasteiger charge is 2.26. The van der Waals surface area contributed by atoms with Crippen LogP contribution in [-0.2, 0) is 6.54 Å². The first-order chi connectivity index (χ1) is 14.9. The Hall–Kier alpha value is -2.93. The molecule has 0 radical (unpaired) electrons. The molecule has 1 atom stereocenters. The van der Waals surface area contributed by atoms with Crippen molar-refractivity contribution in [3.8, 4) is 0 Å². The maximum Gasteiger partial charge on any atom is 0.251 e. The SMILES string of the molecule is CCn1c(SCC(=O)c2ccccc2)nnc1[C@@H](NC(=O)c1ccc(C)cc1)C(C)C. The predicted octanol–water partition coefficient (Wildman–Crippen LogP) is 4.71. The second-order valence-electron chi connectivity index (χ2n) is 7.72. The van der Waals surface area contributed by atoms with E-state index in [1.54, 1.807) is 0 Å². The molecular formula is C24H28N4O2S. The third-order valence-corrected chi connectivity index (χ3v) is 6.00. The van der Waals surface area contributed by atoms with Crippen LogP contribution in [0.4, 0.5) is 0 Å². The van der Waals surface area contributed by atoms with E-state index in [4.69, 9.17) is 0 Å². The van der Waals surface area contributed by atoms with Crippen LogP contribution >= 0.6 is 11.8 Å². The molecule has 3 aromatic rings. The van der Waals surface area contributed by atoms with Crippen LogP contribution in [0.5, 0.6) is 0 Å². The minimum absolute atomic E-state index is 0.0471. The number of ketones is 1. The summed E-state index contributed by atoms with van der Waals surface area (Å²) in [6, 6.07) is 16.4. The lowest BCUT2D eigenvalue weighted by atomic mass is 10.0. The minimum Gasteiger partial charge on any atom is -0.342 e. The van der Waals surface area contributed by atoms with Crippen molar-refractivity contribution in [3.05, 3.63) is 77.1 Å². The van der Waals surface area contributed by atoms with Crippen molar-refractivity contribution in [1.82, 2.24) is 20.1 Å². The van der Waals surface area contributed by atoms with Gasteiger partial charge in [0.25, 0.3) is 5.91 Å². The molecule has 0 aliphatic rings. The number of benzene rings is 2. The third kappa shape index (κ3) is 5.61. The topological polar surface area (TPSA) is 76.9 Å². The number of nitrogens with one attached hydrogen (secondary N) is 1. The van der Waals surface area contributed by atoms with E-state index in [2.05, 4.69) is 15.5 Å². The predicted molar refractivity (Wildman–Crippen MR) is 123 cm³/mol. The molecule has 0 saturated heterocycles. The molecule has 2 aromatic carbocycles. The molecule has 0 spiro atoms. The first kappa shape index (κ1) is 22.7. The Labute approximate surface area is 187 Å². The fourth-order valence-corrected chi connectivity index (χ4v) is 4.13. The second kappa shape index (κ2) is 10.4. The van der Waals surface area contributed by atoms with Crippen LogP contribution in [0.2, 0.25) is 0 Å². The van der Waals surface area contributed by atoms with Gasteiger partial charge in [-0.25, -0.2) is 0 Å². The van der Waals surface area contributed by atoms with Gasteiger partial charge in [-0.3, -0.25) is 9.59 Å². The van der Waals surface area contributed by atoms with Gasteiger partial charge < -0.3 is 9.88 Å². The number of nitrogens with zero attached hydrogens (tertiary/aromatic N) is 3. The molecule has 6 nitrogen and oxygen atoms in total. The zero-order valence-electron chi connectivity index (χ0n) is 18.3. The fraction of sp³-hybridized carbons (Fsp3) is 0.333. The first-order valence-corrected chi connectivity index (χ1v) is 11.4. The minimum atomic E-state index is -0.291. The Balaban J connectivity index is 1.76. The monoisotopic (exact) mass is 436 g/mol. The Morgan fingerprint density at radius 2 is 1.68 bits per heavy atom. The molecule has 0 bridgehead atoms. The summed E-state index contributed by atoms with van der Waals surface area (Å²) in [5, 5.41) is 12.5. The van der Waals surface area contributed by atoms with E-state index in [0.29, 0.717) is 28.7 Å². The molecule has 1 amide bonds. The number of hydrogen-bond acceptors (Lipinski definition) is 5. The zero-order chi connectivity index (χ0) is 22.4. The van der Waals surface area contributed by atoms with Gasteiger partial charge in [-0.05, 0) is 31.9 Å². The van der Waals surface area contributed by atoms with Gasteiger partial charge in [0, 0.05) is 17.7 Å². The maximum absolute atomic E-state index is 12.8. The van der Waals surface area contributed by atoms with Gasteiger partial charge in [0.1, 0.15) is 0 Å². The van der Waals surface area contributed by atoms with Crippen LogP contribution in [0.15, 0.2) is 59.8 Å². The van der Waals surface area contributed by atoms with Crippen molar-refractivity contribution in [2.75, 3.05) is 5.75 Å². The number of carbonyl (C=O) groups is 2.